The Bertz CT molecular complexity index is 432. The van der Waals surface area contributed by atoms with E-state index in [0.717, 1.165) is 19.6 Å². The molecule has 2 heterocycles. The van der Waals surface area contributed by atoms with Crippen molar-refractivity contribution in [2.75, 3.05) is 42.5 Å². The molecule has 0 aromatic heterocycles. The molecule has 1 aromatic carbocycles. The normalized spacial score (nSPS) is 22.9. The van der Waals surface area contributed by atoms with E-state index in [1.165, 1.54) is 43.7 Å². The van der Waals surface area contributed by atoms with Crippen LogP contribution in [0, 0.1) is 0 Å². The van der Waals surface area contributed by atoms with Crippen LogP contribution in [0.1, 0.15) is 33.1 Å². The van der Waals surface area contributed by atoms with Gasteiger partial charge in [0.25, 0.3) is 0 Å². The number of nitrogens with zero attached hydrogens (tertiary/aromatic N) is 2. The van der Waals surface area contributed by atoms with E-state index in [0.29, 0.717) is 0 Å². The third kappa shape index (κ3) is 3.09. The number of piperidine rings is 1. The van der Waals surface area contributed by atoms with Crippen molar-refractivity contribution in [3.05, 3.63) is 24.3 Å². The molecule has 2 fully saturated rings. The molecule has 2 aliphatic rings. The first-order valence-corrected chi connectivity index (χ1v) is 7.99. The van der Waals surface area contributed by atoms with Gasteiger partial charge in [0, 0.05) is 49.6 Å². The van der Waals surface area contributed by atoms with Crippen molar-refractivity contribution in [1.29, 1.82) is 0 Å². The van der Waals surface area contributed by atoms with Gasteiger partial charge in [-0.2, -0.15) is 0 Å². The summed E-state index contributed by atoms with van der Waals surface area (Å²) in [7, 11) is 0. The van der Waals surface area contributed by atoms with Crippen molar-refractivity contribution in [3.8, 4) is 0 Å². The maximum Gasteiger partial charge on any atom is 0.0368 e. The summed E-state index contributed by atoms with van der Waals surface area (Å²) in [5.74, 6) is 0. The summed E-state index contributed by atoms with van der Waals surface area (Å²) in [5, 5.41) is 3.57. The molecule has 2 aliphatic heterocycles. The number of anilines is 2. The van der Waals surface area contributed by atoms with Crippen LogP contribution in [0.3, 0.4) is 0 Å². The second-order valence-electron chi connectivity index (χ2n) is 6.80. The molecule has 1 N–H and O–H groups in total. The number of benzene rings is 1. The minimum absolute atomic E-state index is 0.212. The van der Waals surface area contributed by atoms with E-state index in [2.05, 4.69) is 53.2 Å². The molecule has 1 aromatic rings. The van der Waals surface area contributed by atoms with Crippen molar-refractivity contribution in [3.63, 3.8) is 0 Å². The fourth-order valence-electron chi connectivity index (χ4n) is 3.39. The number of nitrogens with one attached hydrogen (secondary N) is 1. The van der Waals surface area contributed by atoms with Gasteiger partial charge in [-0.3, -0.25) is 0 Å². The van der Waals surface area contributed by atoms with Crippen molar-refractivity contribution in [2.45, 2.75) is 38.6 Å². The molecule has 110 valence electrons. The molecule has 2 saturated heterocycles. The van der Waals surface area contributed by atoms with Crippen LogP contribution in [-0.4, -0.2) is 38.3 Å². The van der Waals surface area contributed by atoms with Crippen LogP contribution in [0.5, 0.6) is 0 Å². The highest BCUT2D eigenvalue weighted by Crippen LogP contribution is 2.25. The van der Waals surface area contributed by atoms with E-state index >= 15 is 0 Å². The standard InChI is InChI=1S/C17H27N3/c1-17(2)14-20(13-10-18-17)16-8-6-15(7-9-16)19-11-4-3-5-12-19/h6-9,18H,3-5,10-14H2,1-2H3. The van der Waals surface area contributed by atoms with Crippen LogP contribution >= 0.6 is 0 Å². The van der Waals surface area contributed by atoms with E-state index in [1.54, 1.807) is 0 Å². The first-order chi connectivity index (χ1) is 9.64. The highest BCUT2D eigenvalue weighted by molar-refractivity contribution is 5.57. The second-order valence-corrected chi connectivity index (χ2v) is 6.80. The first kappa shape index (κ1) is 13.7. The summed E-state index contributed by atoms with van der Waals surface area (Å²) in [6.07, 6.45) is 4.08. The molecule has 0 amide bonds. The van der Waals surface area contributed by atoms with E-state index in [4.69, 9.17) is 0 Å². The molecule has 0 spiro atoms. The van der Waals surface area contributed by atoms with Gasteiger partial charge in [-0.15, -0.1) is 0 Å². The lowest BCUT2D eigenvalue weighted by Gasteiger charge is -2.40. The fourth-order valence-corrected chi connectivity index (χ4v) is 3.39. The van der Waals surface area contributed by atoms with Gasteiger partial charge in [-0.25, -0.2) is 0 Å². The van der Waals surface area contributed by atoms with Crippen molar-refractivity contribution >= 4 is 11.4 Å². The number of hydrogen-bond acceptors (Lipinski definition) is 3. The molecular formula is C17H27N3. The summed E-state index contributed by atoms with van der Waals surface area (Å²) in [5.41, 5.74) is 2.97. The first-order valence-electron chi connectivity index (χ1n) is 7.99. The Kier molecular flexibility index (Phi) is 3.88. The smallest absolute Gasteiger partial charge is 0.0368 e. The quantitative estimate of drug-likeness (QED) is 0.894. The SMILES string of the molecule is CC1(C)CN(c2ccc(N3CCCCC3)cc2)CCN1. The third-order valence-electron chi connectivity index (χ3n) is 4.51. The zero-order valence-electron chi connectivity index (χ0n) is 12.9. The topological polar surface area (TPSA) is 18.5 Å². The van der Waals surface area contributed by atoms with Gasteiger partial charge in [-0.1, -0.05) is 0 Å². The minimum Gasteiger partial charge on any atom is -0.372 e. The third-order valence-corrected chi connectivity index (χ3v) is 4.51. The predicted molar refractivity (Wildman–Crippen MR) is 86.8 cm³/mol. The maximum absolute atomic E-state index is 3.57. The Morgan fingerprint density at radius 2 is 1.45 bits per heavy atom. The van der Waals surface area contributed by atoms with E-state index in [9.17, 15) is 0 Å². The number of piperazine rings is 1. The van der Waals surface area contributed by atoms with Gasteiger partial charge in [0.1, 0.15) is 0 Å². The van der Waals surface area contributed by atoms with E-state index in [1.807, 2.05) is 0 Å². The Morgan fingerprint density at radius 1 is 0.850 bits per heavy atom. The van der Waals surface area contributed by atoms with Crippen LogP contribution in [0.25, 0.3) is 0 Å². The Balaban J connectivity index is 1.69. The molecule has 0 atom stereocenters. The Hall–Kier alpha value is -1.22. The molecule has 3 heteroatoms. The summed E-state index contributed by atoms with van der Waals surface area (Å²) in [6.45, 7) is 10.3. The molecule has 0 radical (unpaired) electrons. The van der Waals surface area contributed by atoms with Gasteiger partial charge < -0.3 is 15.1 Å². The fraction of sp³-hybridized carbons (Fsp3) is 0.647. The average Bonchev–Trinajstić information content (AvgIpc) is 2.47. The molecule has 20 heavy (non-hydrogen) atoms. The van der Waals surface area contributed by atoms with Crippen LogP contribution in [0.2, 0.25) is 0 Å². The van der Waals surface area contributed by atoms with Gasteiger partial charge in [-0.05, 0) is 57.4 Å². The van der Waals surface area contributed by atoms with Gasteiger partial charge in [0.15, 0.2) is 0 Å². The van der Waals surface area contributed by atoms with Gasteiger partial charge in [0.2, 0.25) is 0 Å². The molecule has 3 nitrogen and oxygen atoms in total. The van der Waals surface area contributed by atoms with Crippen LogP contribution in [0.15, 0.2) is 24.3 Å². The van der Waals surface area contributed by atoms with Gasteiger partial charge in [0.05, 0.1) is 0 Å². The zero-order chi connectivity index (χ0) is 14.0. The van der Waals surface area contributed by atoms with Crippen molar-refractivity contribution < 1.29 is 0 Å². The molecule has 0 unspecified atom stereocenters. The highest BCUT2D eigenvalue weighted by Gasteiger charge is 2.25. The van der Waals surface area contributed by atoms with Crippen LogP contribution in [-0.2, 0) is 0 Å². The lowest BCUT2D eigenvalue weighted by atomic mass is 10.0. The maximum atomic E-state index is 3.57. The number of rotatable bonds is 2. The van der Waals surface area contributed by atoms with E-state index < -0.39 is 0 Å². The molecule has 0 aliphatic carbocycles. The number of hydrogen-bond donors (Lipinski definition) is 1. The second kappa shape index (κ2) is 5.65. The predicted octanol–water partition coefficient (Wildman–Crippen LogP) is 2.87. The van der Waals surface area contributed by atoms with Crippen LogP contribution < -0.4 is 15.1 Å². The minimum atomic E-state index is 0.212. The summed E-state index contributed by atoms with van der Waals surface area (Å²) in [4.78, 5) is 5.02. The summed E-state index contributed by atoms with van der Waals surface area (Å²) >= 11 is 0. The highest BCUT2D eigenvalue weighted by atomic mass is 15.2. The molecule has 3 rings (SSSR count). The zero-order valence-corrected chi connectivity index (χ0v) is 12.9. The average molecular weight is 273 g/mol. The Morgan fingerprint density at radius 3 is 2.05 bits per heavy atom. The molecular weight excluding hydrogens is 246 g/mol. The molecule has 0 bridgehead atoms. The Labute approximate surface area is 123 Å². The lowest BCUT2D eigenvalue weighted by Crippen LogP contribution is -2.57. The van der Waals surface area contributed by atoms with E-state index in [-0.39, 0.29) is 5.54 Å². The van der Waals surface area contributed by atoms with Gasteiger partial charge >= 0.3 is 0 Å². The largest absolute Gasteiger partial charge is 0.372 e. The monoisotopic (exact) mass is 273 g/mol. The summed E-state index contributed by atoms with van der Waals surface area (Å²) in [6, 6.07) is 9.20. The van der Waals surface area contributed by atoms with Crippen molar-refractivity contribution in [2.24, 2.45) is 0 Å². The van der Waals surface area contributed by atoms with Crippen LogP contribution in [0.4, 0.5) is 11.4 Å². The summed E-state index contributed by atoms with van der Waals surface area (Å²) < 4.78 is 0. The lowest BCUT2D eigenvalue weighted by molar-refractivity contribution is 0.353. The molecule has 0 saturated carbocycles. The van der Waals surface area contributed by atoms with Crippen molar-refractivity contribution in [1.82, 2.24) is 5.32 Å².